The molecule has 0 radical (unpaired) electrons. The molecule has 0 aliphatic heterocycles. The third-order valence-electron chi connectivity index (χ3n) is 3.37. The van der Waals surface area contributed by atoms with Crippen molar-refractivity contribution >= 4 is 0 Å². The Hall–Kier alpha value is -1.94. The van der Waals surface area contributed by atoms with Gasteiger partial charge in [-0.25, -0.2) is 4.39 Å². The van der Waals surface area contributed by atoms with E-state index in [1.54, 1.807) is 0 Å². The molecule has 2 atom stereocenters. The van der Waals surface area contributed by atoms with Gasteiger partial charge in [-0.15, -0.1) is 0 Å². The van der Waals surface area contributed by atoms with Crippen LogP contribution in [0, 0.1) is 17.6 Å². The highest BCUT2D eigenvalue weighted by Gasteiger charge is 2.26. The van der Waals surface area contributed by atoms with Crippen LogP contribution in [0.5, 0.6) is 5.75 Å². The maximum atomic E-state index is 13.8. The third-order valence-corrected chi connectivity index (χ3v) is 3.37. The van der Waals surface area contributed by atoms with Crippen molar-refractivity contribution in [3.05, 3.63) is 65.7 Å². The van der Waals surface area contributed by atoms with Crippen molar-refractivity contribution in [1.82, 2.24) is 0 Å². The van der Waals surface area contributed by atoms with Gasteiger partial charge in [0.25, 0.3) is 0 Å². The predicted molar refractivity (Wildman–Crippen MR) is 79.0 cm³/mol. The smallest absolute Gasteiger partial charge is 0.200 e. The van der Waals surface area contributed by atoms with Gasteiger partial charge in [0, 0.05) is 0 Å². The summed E-state index contributed by atoms with van der Waals surface area (Å²) in [6.45, 7) is 3.87. The van der Waals surface area contributed by atoms with Crippen molar-refractivity contribution in [2.75, 3.05) is 0 Å². The Morgan fingerprint density at radius 2 is 1.62 bits per heavy atom. The van der Waals surface area contributed by atoms with Crippen LogP contribution >= 0.6 is 0 Å². The van der Waals surface area contributed by atoms with E-state index in [1.807, 2.05) is 44.2 Å². The van der Waals surface area contributed by atoms with Crippen LogP contribution in [0.15, 0.2) is 48.5 Å². The van der Waals surface area contributed by atoms with Crippen LogP contribution in [-0.2, 0) is 0 Å². The summed E-state index contributed by atoms with van der Waals surface area (Å²) in [6, 6.07) is 12.9. The third kappa shape index (κ3) is 3.58. The molecular weight excluding hydrogens is 272 g/mol. The number of halogens is 2. The van der Waals surface area contributed by atoms with Crippen LogP contribution in [0.25, 0.3) is 0 Å². The highest BCUT2D eigenvalue weighted by molar-refractivity contribution is 5.26. The molecule has 2 rings (SSSR count). The Morgan fingerprint density at radius 3 is 2.24 bits per heavy atom. The molecule has 0 spiro atoms. The zero-order valence-electron chi connectivity index (χ0n) is 12.1. The lowest BCUT2D eigenvalue weighted by atomic mass is 9.94. The van der Waals surface area contributed by atoms with Crippen LogP contribution < -0.4 is 10.5 Å². The quantitative estimate of drug-likeness (QED) is 0.901. The Labute approximate surface area is 123 Å². The molecule has 2 aromatic rings. The lowest BCUT2D eigenvalue weighted by Gasteiger charge is -2.28. The highest BCUT2D eigenvalue weighted by Crippen LogP contribution is 2.27. The minimum absolute atomic E-state index is 0.0443. The second kappa shape index (κ2) is 6.68. The van der Waals surface area contributed by atoms with Crippen LogP contribution in [0.3, 0.4) is 0 Å². The van der Waals surface area contributed by atoms with E-state index in [-0.39, 0.29) is 11.7 Å². The van der Waals surface area contributed by atoms with Crippen molar-refractivity contribution in [2.24, 2.45) is 11.7 Å². The van der Waals surface area contributed by atoms with Crippen LogP contribution in [0.2, 0.25) is 0 Å². The van der Waals surface area contributed by atoms with Crippen molar-refractivity contribution in [3.8, 4) is 5.75 Å². The van der Waals surface area contributed by atoms with E-state index in [4.69, 9.17) is 10.5 Å². The molecule has 0 aliphatic carbocycles. The fourth-order valence-electron chi connectivity index (χ4n) is 2.21. The standard InChI is InChI=1S/C17H19F2NO/c1-11(2)17(16(20)12-7-4-3-5-8-12)21-14-10-6-9-13(18)15(14)19/h3-11,16-17H,20H2,1-2H3. The van der Waals surface area contributed by atoms with Gasteiger partial charge in [-0.2, -0.15) is 4.39 Å². The molecule has 0 fully saturated rings. The minimum atomic E-state index is -0.983. The van der Waals surface area contributed by atoms with Crippen molar-refractivity contribution in [2.45, 2.75) is 26.0 Å². The highest BCUT2D eigenvalue weighted by atomic mass is 19.2. The minimum Gasteiger partial charge on any atom is -0.485 e. The molecule has 21 heavy (non-hydrogen) atoms. The molecule has 2 aromatic carbocycles. The van der Waals surface area contributed by atoms with E-state index in [0.29, 0.717) is 0 Å². The zero-order chi connectivity index (χ0) is 15.4. The summed E-state index contributed by atoms with van der Waals surface area (Å²) in [4.78, 5) is 0. The van der Waals surface area contributed by atoms with E-state index in [1.165, 1.54) is 12.1 Å². The average molecular weight is 291 g/mol. The second-order valence-electron chi connectivity index (χ2n) is 5.31. The largest absolute Gasteiger partial charge is 0.485 e. The number of benzene rings is 2. The summed E-state index contributed by atoms with van der Waals surface area (Å²) in [5.41, 5.74) is 7.13. The fourth-order valence-corrected chi connectivity index (χ4v) is 2.21. The predicted octanol–water partition coefficient (Wildman–Crippen LogP) is 4.07. The SMILES string of the molecule is CC(C)C(Oc1cccc(F)c1F)C(N)c1ccccc1. The van der Waals surface area contributed by atoms with Gasteiger partial charge in [-0.3, -0.25) is 0 Å². The van der Waals surface area contributed by atoms with Gasteiger partial charge in [0.05, 0.1) is 6.04 Å². The van der Waals surface area contributed by atoms with Gasteiger partial charge in [-0.1, -0.05) is 50.2 Å². The molecule has 2 N–H and O–H groups in total. The average Bonchev–Trinajstić information content (AvgIpc) is 2.48. The van der Waals surface area contributed by atoms with E-state index in [0.717, 1.165) is 11.6 Å². The fraction of sp³-hybridized carbons (Fsp3) is 0.294. The lowest BCUT2D eigenvalue weighted by Crippen LogP contribution is -2.36. The number of rotatable bonds is 5. The van der Waals surface area contributed by atoms with Crippen molar-refractivity contribution < 1.29 is 13.5 Å². The first kappa shape index (κ1) is 15.4. The van der Waals surface area contributed by atoms with Crippen LogP contribution in [-0.4, -0.2) is 6.10 Å². The topological polar surface area (TPSA) is 35.2 Å². The van der Waals surface area contributed by atoms with Crippen molar-refractivity contribution in [1.29, 1.82) is 0 Å². The van der Waals surface area contributed by atoms with Crippen LogP contribution in [0.4, 0.5) is 8.78 Å². The Bertz CT molecular complexity index is 587. The van der Waals surface area contributed by atoms with Crippen molar-refractivity contribution in [3.63, 3.8) is 0 Å². The summed E-state index contributed by atoms with van der Waals surface area (Å²) in [6.07, 6.45) is -0.455. The Balaban J connectivity index is 2.26. The lowest BCUT2D eigenvalue weighted by molar-refractivity contribution is 0.117. The molecule has 2 unspecified atom stereocenters. The molecule has 0 saturated carbocycles. The first-order chi connectivity index (χ1) is 10.0. The molecule has 0 amide bonds. The molecule has 0 aromatic heterocycles. The molecule has 2 nitrogen and oxygen atoms in total. The Kier molecular flexibility index (Phi) is 4.91. The molecule has 4 heteroatoms. The van der Waals surface area contributed by atoms with Gasteiger partial charge in [0.2, 0.25) is 5.82 Å². The second-order valence-corrected chi connectivity index (χ2v) is 5.31. The van der Waals surface area contributed by atoms with E-state index in [9.17, 15) is 8.78 Å². The van der Waals surface area contributed by atoms with Crippen LogP contribution in [0.1, 0.15) is 25.5 Å². The molecular formula is C17H19F2NO. The molecule has 0 saturated heterocycles. The van der Waals surface area contributed by atoms with Gasteiger partial charge < -0.3 is 10.5 Å². The summed E-state index contributed by atoms with van der Waals surface area (Å²) in [7, 11) is 0. The molecule has 112 valence electrons. The molecule has 0 heterocycles. The van der Waals surface area contributed by atoms with E-state index < -0.39 is 23.8 Å². The summed E-state index contributed by atoms with van der Waals surface area (Å²) in [5, 5.41) is 0. The maximum absolute atomic E-state index is 13.8. The number of ether oxygens (including phenoxy) is 1. The Morgan fingerprint density at radius 1 is 0.952 bits per heavy atom. The van der Waals surface area contributed by atoms with E-state index in [2.05, 4.69) is 0 Å². The number of hydrogen-bond acceptors (Lipinski definition) is 2. The van der Waals surface area contributed by atoms with Gasteiger partial charge in [-0.05, 0) is 23.6 Å². The van der Waals surface area contributed by atoms with Gasteiger partial charge in [0.1, 0.15) is 6.10 Å². The monoisotopic (exact) mass is 291 g/mol. The normalized spacial score (nSPS) is 14.0. The number of nitrogens with two attached hydrogens (primary N) is 1. The number of hydrogen-bond donors (Lipinski definition) is 1. The molecule has 0 aliphatic rings. The zero-order valence-corrected chi connectivity index (χ0v) is 12.1. The summed E-state index contributed by atoms with van der Waals surface area (Å²) < 4.78 is 32.7. The van der Waals surface area contributed by atoms with E-state index >= 15 is 0 Å². The first-order valence-electron chi connectivity index (χ1n) is 6.92. The summed E-state index contributed by atoms with van der Waals surface area (Å²) in [5.74, 6) is -1.98. The van der Waals surface area contributed by atoms with Gasteiger partial charge >= 0.3 is 0 Å². The summed E-state index contributed by atoms with van der Waals surface area (Å²) >= 11 is 0. The van der Waals surface area contributed by atoms with Gasteiger partial charge in [0.15, 0.2) is 11.6 Å². The first-order valence-corrected chi connectivity index (χ1v) is 6.92. The molecule has 0 bridgehead atoms. The maximum Gasteiger partial charge on any atom is 0.200 e.